The minimum Gasteiger partial charge on any atom is -0.325 e. The van der Waals surface area contributed by atoms with E-state index in [1.807, 2.05) is 6.07 Å². The molecule has 0 aliphatic carbocycles. The van der Waals surface area contributed by atoms with Crippen molar-refractivity contribution in [3.05, 3.63) is 105 Å². The second kappa shape index (κ2) is 7.77. The predicted octanol–water partition coefficient (Wildman–Crippen LogP) is 3.44. The number of carbonyl (C=O) groups is 1. The first-order valence-electron chi connectivity index (χ1n) is 8.90. The van der Waals surface area contributed by atoms with Crippen molar-refractivity contribution in [3.8, 4) is 5.69 Å². The number of halogens is 1. The summed E-state index contributed by atoms with van der Waals surface area (Å²) in [6, 6.07) is 22.1. The van der Waals surface area contributed by atoms with Gasteiger partial charge in [-0.1, -0.05) is 48.0 Å². The van der Waals surface area contributed by atoms with Crippen molar-refractivity contribution < 1.29 is 4.79 Å². The highest BCUT2D eigenvalue weighted by Gasteiger charge is 2.16. The fourth-order valence-corrected chi connectivity index (χ4v) is 3.37. The van der Waals surface area contributed by atoms with Crippen molar-refractivity contribution in [3.63, 3.8) is 0 Å². The molecule has 3 aromatic carbocycles. The number of hydrogen-bond acceptors (Lipinski definition) is 3. The Kier molecular flexibility index (Phi) is 5.01. The molecular formula is C22H16ClN3O3. The quantitative estimate of drug-likeness (QED) is 0.565. The van der Waals surface area contributed by atoms with Crippen molar-refractivity contribution in [1.29, 1.82) is 0 Å². The average Bonchev–Trinajstić information content (AvgIpc) is 2.72. The van der Waals surface area contributed by atoms with E-state index in [0.29, 0.717) is 27.3 Å². The molecule has 0 radical (unpaired) electrons. The summed E-state index contributed by atoms with van der Waals surface area (Å²) >= 11 is 6.04. The van der Waals surface area contributed by atoms with Gasteiger partial charge in [0.25, 0.3) is 5.56 Å². The minimum atomic E-state index is -0.612. The molecule has 0 atom stereocenters. The van der Waals surface area contributed by atoms with Crippen LogP contribution in [0, 0.1) is 0 Å². The molecule has 7 heteroatoms. The molecule has 4 rings (SSSR count). The zero-order chi connectivity index (χ0) is 20.4. The lowest BCUT2D eigenvalue weighted by atomic mass is 10.2. The molecule has 29 heavy (non-hydrogen) atoms. The lowest BCUT2D eigenvalue weighted by Crippen LogP contribution is -2.40. The van der Waals surface area contributed by atoms with Crippen LogP contribution in [0.2, 0.25) is 5.02 Å². The van der Waals surface area contributed by atoms with Crippen LogP contribution in [0.1, 0.15) is 0 Å². The topological polar surface area (TPSA) is 73.1 Å². The lowest BCUT2D eigenvalue weighted by molar-refractivity contribution is -0.116. The molecule has 0 saturated heterocycles. The van der Waals surface area contributed by atoms with Gasteiger partial charge >= 0.3 is 5.69 Å². The summed E-state index contributed by atoms with van der Waals surface area (Å²) in [4.78, 5) is 38.8. The monoisotopic (exact) mass is 405 g/mol. The van der Waals surface area contributed by atoms with Crippen molar-refractivity contribution in [2.75, 3.05) is 5.32 Å². The summed E-state index contributed by atoms with van der Waals surface area (Å²) in [6.07, 6.45) is 0. The molecule has 1 amide bonds. The summed E-state index contributed by atoms with van der Waals surface area (Å²) in [7, 11) is 0. The van der Waals surface area contributed by atoms with Crippen LogP contribution in [0.4, 0.5) is 5.69 Å². The Morgan fingerprint density at radius 3 is 2.38 bits per heavy atom. The summed E-state index contributed by atoms with van der Waals surface area (Å²) in [5.41, 5.74) is 0.282. The van der Waals surface area contributed by atoms with E-state index in [-0.39, 0.29) is 12.5 Å². The highest BCUT2D eigenvalue weighted by Crippen LogP contribution is 2.14. The molecule has 0 saturated carbocycles. The van der Waals surface area contributed by atoms with Crippen molar-refractivity contribution >= 4 is 34.1 Å². The summed E-state index contributed by atoms with van der Waals surface area (Å²) < 4.78 is 2.32. The lowest BCUT2D eigenvalue weighted by Gasteiger charge is -2.14. The van der Waals surface area contributed by atoms with Gasteiger partial charge in [0.15, 0.2) is 0 Å². The van der Waals surface area contributed by atoms with Crippen molar-refractivity contribution in [1.82, 2.24) is 9.13 Å². The van der Waals surface area contributed by atoms with E-state index in [0.717, 1.165) is 4.57 Å². The number of para-hydroxylation sites is 2. The van der Waals surface area contributed by atoms with Crippen LogP contribution in [0.15, 0.2) is 88.5 Å². The molecule has 144 valence electrons. The highest BCUT2D eigenvalue weighted by molar-refractivity contribution is 6.30. The second-order valence-corrected chi connectivity index (χ2v) is 6.86. The third-order valence-corrected chi connectivity index (χ3v) is 4.71. The van der Waals surface area contributed by atoms with E-state index >= 15 is 0 Å². The number of aromatic nitrogens is 2. The van der Waals surface area contributed by atoms with Crippen LogP contribution >= 0.6 is 11.6 Å². The van der Waals surface area contributed by atoms with Crippen molar-refractivity contribution in [2.45, 2.75) is 6.54 Å². The summed E-state index contributed by atoms with van der Waals surface area (Å²) in [6.45, 7) is -0.241. The number of rotatable bonds is 4. The van der Waals surface area contributed by atoms with Gasteiger partial charge in [0.05, 0.1) is 16.6 Å². The normalized spacial score (nSPS) is 10.8. The molecule has 0 bridgehead atoms. The number of nitrogens with one attached hydrogen (secondary N) is 1. The number of benzene rings is 3. The Hall–Kier alpha value is -3.64. The first-order chi connectivity index (χ1) is 14.0. The number of fused-ring (bicyclic) bond motifs is 1. The fraction of sp³-hybridized carbons (Fsp3) is 0.0455. The van der Waals surface area contributed by atoms with Gasteiger partial charge in [0.1, 0.15) is 6.54 Å². The van der Waals surface area contributed by atoms with Crippen LogP contribution in [0.3, 0.4) is 0 Å². The Balaban J connectivity index is 1.86. The molecule has 0 fully saturated rings. The van der Waals surface area contributed by atoms with Gasteiger partial charge in [-0.3, -0.25) is 14.2 Å². The number of carbonyl (C=O) groups excluding carboxylic acids is 1. The van der Waals surface area contributed by atoms with Gasteiger partial charge in [-0.15, -0.1) is 0 Å². The maximum atomic E-state index is 13.2. The predicted molar refractivity (Wildman–Crippen MR) is 114 cm³/mol. The fourth-order valence-electron chi connectivity index (χ4n) is 3.18. The Labute approximate surface area is 170 Å². The maximum Gasteiger partial charge on any atom is 0.336 e. The minimum absolute atomic E-state index is 0.241. The zero-order valence-electron chi connectivity index (χ0n) is 15.2. The molecule has 6 nitrogen and oxygen atoms in total. The van der Waals surface area contributed by atoms with Crippen LogP contribution < -0.4 is 16.6 Å². The van der Waals surface area contributed by atoms with Gasteiger partial charge in [-0.25, -0.2) is 9.36 Å². The molecule has 1 aromatic heterocycles. The van der Waals surface area contributed by atoms with Crippen molar-refractivity contribution in [2.24, 2.45) is 0 Å². The zero-order valence-corrected chi connectivity index (χ0v) is 16.0. The van der Waals surface area contributed by atoms with Gasteiger partial charge in [-0.05, 0) is 42.5 Å². The second-order valence-electron chi connectivity index (χ2n) is 6.42. The summed E-state index contributed by atoms with van der Waals surface area (Å²) in [5.74, 6) is -0.375. The third kappa shape index (κ3) is 3.70. The molecule has 0 aliphatic rings. The maximum absolute atomic E-state index is 13.2. The van der Waals surface area contributed by atoms with E-state index in [1.54, 1.807) is 66.7 Å². The van der Waals surface area contributed by atoms with Crippen LogP contribution in [0.5, 0.6) is 0 Å². The first-order valence-corrected chi connectivity index (χ1v) is 9.28. The smallest absolute Gasteiger partial charge is 0.325 e. The number of nitrogens with zero attached hydrogens (tertiary/aromatic N) is 2. The van der Waals surface area contributed by atoms with E-state index in [1.165, 1.54) is 10.6 Å². The Morgan fingerprint density at radius 1 is 0.897 bits per heavy atom. The van der Waals surface area contributed by atoms with Gasteiger partial charge < -0.3 is 5.32 Å². The first kappa shape index (κ1) is 18.7. The number of amides is 1. The van der Waals surface area contributed by atoms with Gasteiger partial charge in [0, 0.05) is 10.7 Å². The third-order valence-electron chi connectivity index (χ3n) is 4.48. The van der Waals surface area contributed by atoms with E-state index in [4.69, 9.17) is 11.6 Å². The average molecular weight is 406 g/mol. The van der Waals surface area contributed by atoms with Crippen LogP contribution in [-0.4, -0.2) is 15.0 Å². The Bertz CT molecular complexity index is 1330. The largest absolute Gasteiger partial charge is 0.336 e. The SMILES string of the molecule is O=C(Cn1c(=O)n(-c2cccc(Cl)c2)c(=O)c2ccccc21)Nc1ccccc1. The molecule has 0 unspecified atom stereocenters. The van der Waals surface area contributed by atoms with E-state index in [2.05, 4.69) is 5.32 Å². The Morgan fingerprint density at radius 2 is 1.62 bits per heavy atom. The van der Waals surface area contributed by atoms with E-state index < -0.39 is 11.2 Å². The van der Waals surface area contributed by atoms with Gasteiger partial charge in [-0.2, -0.15) is 0 Å². The summed E-state index contributed by atoms with van der Waals surface area (Å²) in [5, 5.41) is 3.49. The molecular weight excluding hydrogens is 390 g/mol. The number of hydrogen-bond donors (Lipinski definition) is 1. The van der Waals surface area contributed by atoms with Crippen LogP contribution in [0.25, 0.3) is 16.6 Å². The number of anilines is 1. The van der Waals surface area contributed by atoms with Crippen LogP contribution in [-0.2, 0) is 11.3 Å². The molecule has 1 N–H and O–H groups in total. The standard InChI is InChI=1S/C22H16ClN3O3/c23-15-7-6-10-17(13-15)26-21(28)18-11-4-5-12-19(18)25(22(26)29)14-20(27)24-16-8-2-1-3-9-16/h1-13H,14H2,(H,24,27). The molecule has 0 spiro atoms. The highest BCUT2D eigenvalue weighted by atomic mass is 35.5. The van der Waals surface area contributed by atoms with Gasteiger partial charge in [0.2, 0.25) is 5.91 Å². The molecule has 1 heterocycles. The van der Waals surface area contributed by atoms with E-state index in [9.17, 15) is 14.4 Å². The molecule has 4 aromatic rings. The molecule has 0 aliphatic heterocycles.